The molecule has 1 unspecified atom stereocenters. The molecule has 8 heteroatoms. The van der Waals surface area contributed by atoms with E-state index in [1.165, 1.54) is 5.56 Å². The average Bonchev–Trinajstić information content (AvgIpc) is 2.56. The van der Waals surface area contributed by atoms with Crippen molar-refractivity contribution in [2.45, 2.75) is 50.3 Å². The molecule has 2 heterocycles. The maximum atomic E-state index is 12.4. The largest absolute Gasteiger partial charge is 0.481 e. The van der Waals surface area contributed by atoms with E-state index in [2.05, 4.69) is 10.6 Å². The molecule has 1 saturated heterocycles. The molecule has 0 radical (unpaired) electrons. The summed E-state index contributed by atoms with van der Waals surface area (Å²) in [6.07, 6.45) is 0.945. The van der Waals surface area contributed by atoms with Gasteiger partial charge in [0, 0.05) is 6.54 Å². The van der Waals surface area contributed by atoms with E-state index in [1.54, 1.807) is 0 Å². The Morgan fingerprint density at radius 3 is 2.75 bits per heavy atom. The maximum absolute atomic E-state index is 12.4. The molecule has 3 rings (SSSR count). The summed E-state index contributed by atoms with van der Waals surface area (Å²) in [5.41, 5.74) is 2.34. The third-order valence-corrected chi connectivity index (χ3v) is 4.60. The predicted molar refractivity (Wildman–Crippen MR) is 87.0 cm³/mol. The van der Waals surface area contributed by atoms with Crippen molar-refractivity contribution >= 4 is 19.0 Å². The summed E-state index contributed by atoms with van der Waals surface area (Å²) in [6.45, 7) is 0.638. The minimum Gasteiger partial charge on any atom is -0.481 e. The zero-order valence-electron chi connectivity index (χ0n) is 13.3. The van der Waals surface area contributed by atoms with Gasteiger partial charge in [-0.05, 0) is 30.4 Å². The Morgan fingerprint density at radius 1 is 1.29 bits per heavy atom. The van der Waals surface area contributed by atoms with Crippen LogP contribution in [0.25, 0.3) is 0 Å². The van der Waals surface area contributed by atoms with Crippen molar-refractivity contribution in [3.63, 3.8) is 0 Å². The fourth-order valence-electron chi connectivity index (χ4n) is 3.28. The standard InChI is InChI=1S/C16H21BN2O5/c20-15(21)8-12-5-6-14(17(23)24-12)19-16(22)13-7-10-3-1-2-4-11(10)9-18-13/h1-4,12-14,18,23H,5-9H2,(H,19,22)(H,20,21)/t12-,13+,14?/m0/s1. The first-order valence-electron chi connectivity index (χ1n) is 8.19. The Morgan fingerprint density at radius 2 is 2.04 bits per heavy atom. The highest BCUT2D eigenvalue weighted by atomic mass is 16.5. The molecule has 0 aliphatic carbocycles. The number of amides is 1. The highest BCUT2D eigenvalue weighted by molar-refractivity contribution is 6.45. The summed E-state index contributed by atoms with van der Waals surface area (Å²) < 4.78 is 5.29. The predicted octanol–water partition coefficient (Wildman–Crippen LogP) is -0.141. The molecule has 1 amide bonds. The van der Waals surface area contributed by atoms with Gasteiger partial charge < -0.3 is 25.4 Å². The van der Waals surface area contributed by atoms with E-state index >= 15 is 0 Å². The van der Waals surface area contributed by atoms with Gasteiger partial charge in [0.2, 0.25) is 5.91 Å². The van der Waals surface area contributed by atoms with Crippen molar-refractivity contribution in [3.05, 3.63) is 35.4 Å². The highest BCUT2D eigenvalue weighted by Gasteiger charge is 2.38. The van der Waals surface area contributed by atoms with Gasteiger partial charge in [0.25, 0.3) is 0 Å². The Kier molecular flexibility index (Phi) is 5.18. The van der Waals surface area contributed by atoms with Crippen LogP contribution in [0.4, 0.5) is 0 Å². The van der Waals surface area contributed by atoms with Crippen molar-refractivity contribution in [1.82, 2.24) is 10.6 Å². The Labute approximate surface area is 140 Å². The van der Waals surface area contributed by atoms with Crippen LogP contribution in [0, 0.1) is 0 Å². The SMILES string of the molecule is O=C(O)C[C@@H]1CCC(NC(=O)[C@H]2Cc3ccccc3CN2)B(O)O1. The van der Waals surface area contributed by atoms with Crippen LogP contribution in [0.2, 0.25) is 0 Å². The first-order valence-corrected chi connectivity index (χ1v) is 8.19. The quantitative estimate of drug-likeness (QED) is 0.572. The van der Waals surface area contributed by atoms with E-state index < -0.39 is 25.1 Å². The minimum absolute atomic E-state index is 0.140. The molecular weight excluding hydrogens is 311 g/mol. The number of hydrogen-bond donors (Lipinski definition) is 4. The summed E-state index contributed by atoms with van der Waals surface area (Å²) in [4.78, 5) is 23.1. The third-order valence-electron chi connectivity index (χ3n) is 4.60. The molecule has 0 aromatic heterocycles. The highest BCUT2D eigenvalue weighted by Crippen LogP contribution is 2.20. The van der Waals surface area contributed by atoms with Crippen LogP contribution in [0.1, 0.15) is 30.4 Å². The molecule has 1 aromatic rings. The number of hydrogen-bond acceptors (Lipinski definition) is 5. The number of carboxylic acids is 1. The number of carboxylic acid groups (broad SMARTS) is 1. The van der Waals surface area contributed by atoms with E-state index in [0.29, 0.717) is 25.8 Å². The number of benzene rings is 1. The number of carbonyl (C=O) groups is 2. The van der Waals surface area contributed by atoms with Gasteiger partial charge in [0.05, 0.1) is 24.5 Å². The zero-order chi connectivity index (χ0) is 17.1. The van der Waals surface area contributed by atoms with Crippen LogP contribution < -0.4 is 10.6 Å². The van der Waals surface area contributed by atoms with Crippen LogP contribution in [0.3, 0.4) is 0 Å². The van der Waals surface area contributed by atoms with E-state index in [9.17, 15) is 14.6 Å². The average molecular weight is 332 g/mol. The number of aliphatic carboxylic acids is 1. The van der Waals surface area contributed by atoms with Crippen LogP contribution >= 0.6 is 0 Å². The van der Waals surface area contributed by atoms with Gasteiger partial charge in [-0.25, -0.2) is 0 Å². The van der Waals surface area contributed by atoms with Crippen molar-refractivity contribution < 1.29 is 24.4 Å². The lowest BCUT2D eigenvalue weighted by Gasteiger charge is -2.33. The Bertz CT molecular complexity index is 626. The second-order valence-electron chi connectivity index (χ2n) is 6.35. The molecule has 4 N–H and O–H groups in total. The number of carbonyl (C=O) groups excluding carboxylic acids is 1. The van der Waals surface area contributed by atoms with E-state index in [1.807, 2.05) is 24.3 Å². The summed E-state index contributed by atoms with van der Waals surface area (Å²) in [7, 11) is -1.18. The summed E-state index contributed by atoms with van der Waals surface area (Å²) in [5, 5.41) is 24.8. The number of nitrogens with one attached hydrogen (secondary N) is 2. The summed E-state index contributed by atoms with van der Waals surface area (Å²) >= 11 is 0. The first kappa shape index (κ1) is 16.9. The van der Waals surface area contributed by atoms with Gasteiger partial charge in [-0.3, -0.25) is 9.59 Å². The fraction of sp³-hybridized carbons (Fsp3) is 0.500. The molecule has 1 fully saturated rings. The Hall–Kier alpha value is -1.90. The molecule has 24 heavy (non-hydrogen) atoms. The van der Waals surface area contributed by atoms with Crippen molar-refractivity contribution in [1.29, 1.82) is 0 Å². The third kappa shape index (κ3) is 3.95. The molecular formula is C16H21BN2O5. The molecule has 3 atom stereocenters. The van der Waals surface area contributed by atoms with Gasteiger partial charge >= 0.3 is 13.1 Å². The molecule has 2 aliphatic rings. The van der Waals surface area contributed by atoms with E-state index in [0.717, 1.165) is 5.56 Å². The van der Waals surface area contributed by atoms with Crippen LogP contribution in [-0.2, 0) is 27.2 Å². The smallest absolute Gasteiger partial charge is 0.478 e. The van der Waals surface area contributed by atoms with Crippen LogP contribution in [0.15, 0.2) is 24.3 Å². The molecule has 7 nitrogen and oxygen atoms in total. The molecule has 0 saturated carbocycles. The lowest BCUT2D eigenvalue weighted by atomic mass is 9.72. The lowest BCUT2D eigenvalue weighted by Crippen LogP contribution is -2.57. The van der Waals surface area contributed by atoms with E-state index in [-0.39, 0.29) is 18.4 Å². The number of rotatable bonds is 4. The minimum atomic E-state index is -1.18. The summed E-state index contributed by atoms with van der Waals surface area (Å²) in [5.74, 6) is -1.64. The van der Waals surface area contributed by atoms with Gasteiger partial charge in [-0.1, -0.05) is 24.3 Å². The van der Waals surface area contributed by atoms with Crippen molar-refractivity contribution in [2.75, 3.05) is 0 Å². The molecule has 1 aromatic carbocycles. The topological polar surface area (TPSA) is 108 Å². The van der Waals surface area contributed by atoms with Crippen molar-refractivity contribution in [3.8, 4) is 0 Å². The second-order valence-corrected chi connectivity index (χ2v) is 6.35. The fourth-order valence-corrected chi connectivity index (χ4v) is 3.28. The van der Waals surface area contributed by atoms with Gasteiger partial charge in [-0.15, -0.1) is 0 Å². The van der Waals surface area contributed by atoms with Crippen molar-refractivity contribution in [2.24, 2.45) is 0 Å². The molecule has 0 bridgehead atoms. The van der Waals surface area contributed by atoms with Gasteiger partial charge in [0.15, 0.2) is 0 Å². The lowest BCUT2D eigenvalue weighted by molar-refractivity contribution is -0.139. The Balaban J connectivity index is 1.53. The van der Waals surface area contributed by atoms with Gasteiger partial charge in [0.1, 0.15) is 0 Å². The summed E-state index contributed by atoms with van der Waals surface area (Å²) in [6, 6.07) is 7.65. The monoisotopic (exact) mass is 332 g/mol. The van der Waals surface area contributed by atoms with E-state index in [4.69, 9.17) is 9.76 Å². The first-order chi connectivity index (χ1) is 11.5. The second kappa shape index (κ2) is 7.33. The molecule has 2 aliphatic heterocycles. The van der Waals surface area contributed by atoms with Crippen LogP contribution in [-0.4, -0.2) is 47.2 Å². The number of fused-ring (bicyclic) bond motifs is 1. The zero-order valence-corrected chi connectivity index (χ0v) is 13.3. The van der Waals surface area contributed by atoms with Crippen LogP contribution in [0.5, 0.6) is 0 Å². The molecule has 128 valence electrons. The van der Waals surface area contributed by atoms with Gasteiger partial charge in [-0.2, -0.15) is 0 Å². The molecule has 0 spiro atoms. The normalized spacial score (nSPS) is 26.5. The maximum Gasteiger partial charge on any atom is 0.478 e.